The fraction of sp³-hybridized carbons (Fsp3) is 0.556. The van der Waals surface area contributed by atoms with Gasteiger partial charge in [0.25, 0.3) is 0 Å². The second kappa shape index (κ2) is 8.60. The fourth-order valence-electron chi connectivity index (χ4n) is 1.69. The molecule has 0 radical (unpaired) electrons. The number of anilines is 1. The van der Waals surface area contributed by atoms with E-state index in [2.05, 4.69) is 10.6 Å². The summed E-state index contributed by atoms with van der Waals surface area (Å²) in [6, 6.07) is 6.86. The van der Waals surface area contributed by atoms with Crippen molar-refractivity contribution in [3.8, 4) is 5.75 Å². The van der Waals surface area contributed by atoms with Gasteiger partial charge in [0.1, 0.15) is 23.6 Å². The van der Waals surface area contributed by atoms with Crippen molar-refractivity contribution in [2.24, 2.45) is 0 Å². The number of nitrogens with one attached hydrogen (secondary N) is 2. The van der Waals surface area contributed by atoms with Gasteiger partial charge in [0.15, 0.2) is 0 Å². The first-order valence-electron chi connectivity index (χ1n) is 8.14. The Hall–Kier alpha value is -2.44. The van der Waals surface area contributed by atoms with Gasteiger partial charge in [-0.25, -0.2) is 9.59 Å². The summed E-state index contributed by atoms with van der Waals surface area (Å²) in [5, 5.41) is 5.25. The van der Waals surface area contributed by atoms with Gasteiger partial charge in [0, 0.05) is 5.69 Å². The Bertz CT molecular complexity index is 571. The smallest absolute Gasteiger partial charge is 0.412 e. The quantitative estimate of drug-likeness (QED) is 0.784. The maximum absolute atomic E-state index is 11.7. The Kier molecular flexibility index (Phi) is 7.09. The number of hydrogen-bond donors (Lipinski definition) is 2. The molecule has 0 heterocycles. The molecule has 0 aliphatic rings. The van der Waals surface area contributed by atoms with E-state index in [1.807, 2.05) is 0 Å². The second-order valence-electron chi connectivity index (χ2n) is 7.43. The molecule has 2 amide bonds. The van der Waals surface area contributed by atoms with Crippen molar-refractivity contribution in [3.63, 3.8) is 0 Å². The second-order valence-corrected chi connectivity index (χ2v) is 7.43. The summed E-state index contributed by atoms with van der Waals surface area (Å²) in [7, 11) is 0. The number of hydrogen-bond acceptors (Lipinski definition) is 5. The topological polar surface area (TPSA) is 85.9 Å². The standard InChI is InChI=1S/C18H28N2O5/c1-17(2,3)24-15(21)19-11-12-23-14-9-7-13(8-10-14)20-16(22)25-18(4,5)6/h7-10H,11-12H2,1-6H3,(H,19,21)(H,20,22). The van der Waals surface area contributed by atoms with Crippen molar-refractivity contribution in [2.45, 2.75) is 52.7 Å². The average molecular weight is 352 g/mol. The van der Waals surface area contributed by atoms with E-state index >= 15 is 0 Å². The molecule has 140 valence electrons. The zero-order valence-electron chi connectivity index (χ0n) is 15.8. The number of ether oxygens (including phenoxy) is 3. The minimum Gasteiger partial charge on any atom is -0.492 e. The van der Waals surface area contributed by atoms with Gasteiger partial charge in [0.2, 0.25) is 0 Å². The molecule has 0 bridgehead atoms. The summed E-state index contributed by atoms with van der Waals surface area (Å²) in [6.45, 7) is 11.4. The van der Waals surface area contributed by atoms with E-state index in [4.69, 9.17) is 14.2 Å². The first kappa shape index (κ1) is 20.6. The molecular weight excluding hydrogens is 324 g/mol. The third-order valence-electron chi connectivity index (χ3n) is 2.54. The Balaban J connectivity index is 2.33. The lowest BCUT2D eigenvalue weighted by Crippen LogP contribution is -2.34. The highest BCUT2D eigenvalue weighted by atomic mass is 16.6. The minimum atomic E-state index is -0.547. The van der Waals surface area contributed by atoms with Crippen LogP contribution in [0.15, 0.2) is 24.3 Å². The van der Waals surface area contributed by atoms with Gasteiger partial charge in [-0.3, -0.25) is 5.32 Å². The van der Waals surface area contributed by atoms with Crippen molar-refractivity contribution in [3.05, 3.63) is 24.3 Å². The molecule has 0 aliphatic carbocycles. The predicted octanol–water partition coefficient (Wildman–Crippen LogP) is 3.94. The molecule has 7 nitrogen and oxygen atoms in total. The van der Waals surface area contributed by atoms with E-state index in [1.165, 1.54) is 0 Å². The first-order chi connectivity index (χ1) is 11.4. The zero-order valence-corrected chi connectivity index (χ0v) is 15.8. The summed E-state index contributed by atoms with van der Waals surface area (Å²) in [5.74, 6) is 0.626. The predicted molar refractivity (Wildman–Crippen MR) is 96.0 cm³/mol. The lowest BCUT2D eigenvalue weighted by atomic mass is 10.2. The third kappa shape index (κ3) is 10.1. The van der Waals surface area contributed by atoms with Crippen molar-refractivity contribution in [1.82, 2.24) is 5.32 Å². The Labute approximate surface area is 149 Å². The van der Waals surface area contributed by atoms with Crippen LogP contribution < -0.4 is 15.4 Å². The molecule has 7 heteroatoms. The molecule has 0 atom stereocenters. The average Bonchev–Trinajstić information content (AvgIpc) is 2.41. The maximum Gasteiger partial charge on any atom is 0.412 e. The normalized spacial score (nSPS) is 11.4. The zero-order chi connectivity index (χ0) is 19.1. The number of carbonyl (C=O) groups is 2. The molecule has 0 fully saturated rings. The lowest BCUT2D eigenvalue weighted by Gasteiger charge is -2.20. The molecule has 0 unspecified atom stereocenters. The van der Waals surface area contributed by atoms with Crippen LogP contribution in [0.5, 0.6) is 5.75 Å². The molecule has 25 heavy (non-hydrogen) atoms. The van der Waals surface area contributed by atoms with Gasteiger partial charge in [-0.15, -0.1) is 0 Å². The van der Waals surface area contributed by atoms with E-state index in [9.17, 15) is 9.59 Å². The van der Waals surface area contributed by atoms with E-state index < -0.39 is 23.4 Å². The highest BCUT2D eigenvalue weighted by molar-refractivity contribution is 5.84. The Morgan fingerprint density at radius 1 is 0.880 bits per heavy atom. The number of rotatable bonds is 5. The molecule has 1 aromatic carbocycles. The van der Waals surface area contributed by atoms with Crippen LogP contribution in [-0.4, -0.2) is 36.5 Å². The molecule has 0 saturated carbocycles. The summed E-state index contributed by atoms with van der Waals surface area (Å²) in [6.07, 6.45) is -0.990. The van der Waals surface area contributed by atoms with Gasteiger partial charge < -0.3 is 19.5 Å². The van der Waals surface area contributed by atoms with Crippen LogP contribution in [0.2, 0.25) is 0 Å². The number of carbonyl (C=O) groups excluding carboxylic acids is 2. The van der Waals surface area contributed by atoms with E-state index in [1.54, 1.807) is 65.8 Å². The highest BCUT2D eigenvalue weighted by Gasteiger charge is 2.16. The van der Waals surface area contributed by atoms with Crippen LogP contribution in [0.25, 0.3) is 0 Å². The van der Waals surface area contributed by atoms with Crippen LogP contribution in [0.1, 0.15) is 41.5 Å². The monoisotopic (exact) mass is 352 g/mol. The van der Waals surface area contributed by atoms with Crippen LogP contribution in [-0.2, 0) is 9.47 Å². The van der Waals surface area contributed by atoms with E-state index in [0.29, 0.717) is 24.6 Å². The molecule has 0 saturated heterocycles. The summed E-state index contributed by atoms with van der Waals surface area (Å²) >= 11 is 0. The minimum absolute atomic E-state index is 0.304. The molecule has 2 N–H and O–H groups in total. The molecule has 0 aromatic heterocycles. The van der Waals surface area contributed by atoms with Gasteiger partial charge >= 0.3 is 12.2 Å². The molecule has 0 aliphatic heterocycles. The van der Waals surface area contributed by atoms with Crippen LogP contribution in [0.4, 0.5) is 15.3 Å². The Morgan fingerprint density at radius 3 is 1.92 bits per heavy atom. The molecule has 1 rings (SSSR count). The molecular formula is C18H28N2O5. The van der Waals surface area contributed by atoms with Crippen molar-refractivity contribution in [2.75, 3.05) is 18.5 Å². The SMILES string of the molecule is CC(C)(C)OC(=O)NCCOc1ccc(NC(=O)OC(C)(C)C)cc1. The van der Waals surface area contributed by atoms with E-state index in [0.717, 1.165) is 0 Å². The number of alkyl carbamates (subject to hydrolysis) is 1. The van der Waals surface area contributed by atoms with Gasteiger partial charge in [0.05, 0.1) is 6.54 Å². The van der Waals surface area contributed by atoms with Crippen LogP contribution >= 0.6 is 0 Å². The highest BCUT2D eigenvalue weighted by Crippen LogP contribution is 2.17. The van der Waals surface area contributed by atoms with Crippen LogP contribution in [0.3, 0.4) is 0 Å². The summed E-state index contributed by atoms with van der Waals surface area (Å²) in [4.78, 5) is 23.1. The van der Waals surface area contributed by atoms with Gasteiger partial charge in [-0.05, 0) is 65.8 Å². The molecule has 1 aromatic rings. The first-order valence-corrected chi connectivity index (χ1v) is 8.14. The molecule has 0 spiro atoms. The van der Waals surface area contributed by atoms with Crippen molar-refractivity contribution < 1.29 is 23.8 Å². The summed E-state index contributed by atoms with van der Waals surface area (Å²) < 4.78 is 15.8. The number of benzene rings is 1. The van der Waals surface area contributed by atoms with Crippen LogP contribution in [0, 0.1) is 0 Å². The third-order valence-corrected chi connectivity index (χ3v) is 2.54. The van der Waals surface area contributed by atoms with Crippen molar-refractivity contribution >= 4 is 17.9 Å². The van der Waals surface area contributed by atoms with Gasteiger partial charge in [-0.1, -0.05) is 0 Å². The maximum atomic E-state index is 11.7. The number of amides is 2. The lowest BCUT2D eigenvalue weighted by molar-refractivity contribution is 0.0519. The van der Waals surface area contributed by atoms with Gasteiger partial charge in [-0.2, -0.15) is 0 Å². The fourth-order valence-corrected chi connectivity index (χ4v) is 1.69. The summed E-state index contributed by atoms with van der Waals surface area (Å²) in [5.41, 5.74) is -0.468. The van der Waals surface area contributed by atoms with E-state index in [-0.39, 0.29) is 0 Å². The van der Waals surface area contributed by atoms with Crippen molar-refractivity contribution in [1.29, 1.82) is 0 Å². The largest absolute Gasteiger partial charge is 0.492 e. The Morgan fingerprint density at radius 2 is 1.40 bits per heavy atom.